The van der Waals surface area contributed by atoms with Crippen molar-refractivity contribution in [3.63, 3.8) is 0 Å². The highest BCUT2D eigenvalue weighted by atomic mass is 16.6. The maximum Gasteiger partial charge on any atom is 0.349 e. The monoisotopic (exact) mass is 335 g/mol. The molecule has 1 aliphatic heterocycles. The summed E-state index contributed by atoms with van der Waals surface area (Å²) >= 11 is 0. The zero-order valence-electron chi connectivity index (χ0n) is 13.3. The number of nitrogens with zero attached hydrogens (tertiary/aromatic N) is 1. The van der Waals surface area contributed by atoms with Crippen LogP contribution >= 0.6 is 0 Å². The molecule has 24 heavy (non-hydrogen) atoms. The maximum atomic E-state index is 12.1. The van der Waals surface area contributed by atoms with Gasteiger partial charge in [-0.2, -0.15) is 0 Å². The predicted molar refractivity (Wildman–Crippen MR) is 82.1 cm³/mol. The second kappa shape index (κ2) is 7.58. The Morgan fingerprint density at radius 2 is 1.92 bits per heavy atom. The topological polar surface area (TPSA) is 105 Å². The number of nitro benzene ring substituents is 1. The highest BCUT2D eigenvalue weighted by Crippen LogP contribution is 2.24. The lowest BCUT2D eigenvalue weighted by molar-refractivity contribution is -0.384. The van der Waals surface area contributed by atoms with Gasteiger partial charge in [0, 0.05) is 12.1 Å². The third-order valence-corrected chi connectivity index (χ3v) is 3.53. The van der Waals surface area contributed by atoms with Gasteiger partial charge >= 0.3 is 11.9 Å². The molecule has 1 aliphatic rings. The maximum absolute atomic E-state index is 12.1. The molecule has 0 spiro atoms. The molecule has 0 amide bonds. The minimum absolute atomic E-state index is 0.00711. The Balaban J connectivity index is 2.18. The highest BCUT2D eigenvalue weighted by molar-refractivity contribution is 6.14. The van der Waals surface area contributed by atoms with Crippen molar-refractivity contribution >= 4 is 17.6 Å². The third kappa shape index (κ3) is 3.89. The van der Waals surface area contributed by atoms with Gasteiger partial charge in [-0.25, -0.2) is 9.59 Å². The van der Waals surface area contributed by atoms with Crippen LogP contribution < -0.4 is 0 Å². The molecule has 1 atom stereocenters. The Hall–Kier alpha value is -2.90. The predicted octanol–water partition coefficient (Wildman–Crippen LogP) is 2.09. The van der Waals surface area contributed by atoms with Gasteiger partial charge < -0.3 is 14.2 Å². The molecule has 0 fully saturated rings. The molecule has 0 bridgehead atoms. The number of cyclic esters (lactones) is 1. The Bertz CT molecular complexity index is 678. The van der Waals surface area contributed by atoms with Gasteiger partial charge in [0.05, 0.1) is 24.1 Å². The molecule has 1 heterocycles. The van der Waals surface area contributed by atoms with Crippen LogP contribution in [-0.2, 0) is 23.8 Å². The van der Waals surface area contributed by atoms with Crippen LogP contribution in [0.2, 0.25) is 0 Å². The normalized spacial score (nSPS) is 21.1. The van der Waals surface area contributed by atoms with E-state index in [1.807, 2.05) is 0 Å². The van der Waals surface area contributed by atoms with Gasteiger partial charge in [-0.15, -0.1) is 0 Å². The molecule has 8 nitrogen and oxygen atoms in total. The van der Waals surface area contributed by atoms with Crippen LogP contribution in [0.3, 0.4) is 0 Å². The summed E-state index contributed by atoms with van der Waals surface area (Å²) < 4.78 is 15.5. The van der Waals surface area contributed by atoms with Crippen molar-refractivity contribution in [2.45, 2.75) is 19.8 Å². The molecule has 1 unspecified atom stereocenters. The zero-order valence-corrected chi connectivity index (χ0v) is 13.3. The summed E-state index contributed by atoms with van der Waals surface area (Å²) in [5.74, 6) is -1.76. The number of ether oxygens (including phenoxy) is 3. The third-order valence-electron chi connectivity index (χ3n) is 3.53. The molecule has 0 saturated heterocycles. The van der Waals surface area contributed by atoms with Gasteiger partial charge in [-0.05, 0) is 19.4 Å². The lowest BCUT2D eigenvalue weighted by Gasteiger charge is -2.22. The van der Waals surface area contributed by atoms with Crippen molar-refractivity contribution in [1.82, 2.24) is 0 Å². The fraction of sp³-hybridized carbons (Fsp3) is 0.375. The smallest absolute Gasteiger partial charge is 0.349 e. The van der Waals surface area contributed by atoms with E-state index in [1.165, 1.54) is 19.1 Å². The number of allylic oxidation sites excluding steroid dienone is 1. The Morgan fingerprint density at radius 3 is 2.50 bits per heavy atom. The quantitative estimate of drug-likeness (QED) is 0.359. The van der Waals surface area contributed by atoms with E-state index in [1.54, 1.807) is 19.1 Å². The molecule has 1 aromatic carbocycles. The van der Waals surface area contributed by atoms with Crippen molar-refractivity contribution in [3.05, 3.63) is 51.3 Å². The first kappa shape index (κ1) is 17.5. The van der Waals surface area contributed by atoms with Crippen LogP contribution in [0.15, 0.2) is 35.6 Å². The van der Waals surface area contributed by atoms with Gasteiger partial charge in [-0.1, -0.05) is 12.1 Å². The number of esters is 2. The molecule has 0 N–H and O–H groups in total. The summed E-state index contributed by atoms with van der Waals surface area (Å²) in [6, 6.07) is 5.94. The average molecular weight is 335 g/mol. The Kier molecular flexibility index (Phi) is 5.51. The first-order chi connectivity index (χ1) is 11.4. The molecule has 0 radical (unpaired) electrons. The Morgan fingerprint density at radius 1 is 1.29 bits per heavy atom. The van der Waals surface area contributed by atoms with E-state index in [0.717, 1.165) is 5.56 Å². The minimum Gasteiger partial charge on any atom is -0.496 e. The first-order valence-electron chi connectivity index (χ1n) is 7.36. The second-order valence-corrected chi connectivity index (χ2v) is 5.11. The number of hydrogen-bond acceptors (Lipinski definition) is 7. The highest BCUT2D eigenvalue weighted by Gasteiger charge is 2.29. The van der Waals surface area contributed by atoms with Gasteiger partial charge in [0.15, 0.2) is 5.57 Å². The molecule has 0 aromatic heterocycles. The van der Waals surface area contributed by atoms with Crippen molar-refractivity contribution in [2.75, 3.05) is 19.8 Å². The summed E-state index contributed by atoms with van der Waals surface area (Å²) in [6.45, 7) is 3.42. The Labute approximate surface area is 138 Å². The van der Waals surface area contributed by atoms with E-state index < -0.39 is 16.9 Å². The lowest BCUT2D eigenvalue weighted by Crippen LogP contribution is -2.27. The number of carbonyl (C=O) groups excluding carboxylic acids is 2. The van der Waals surface area contributed by atoms with E-state index >= 15 is 0 Å². The molecule has 0 aliphatic carbocycles. The van der Waals surface area contributed by atoms with Gasteiger partial charge in [0.2, 0.25) is 0 Å². The van der Waals surface area contributed by atoms with Gasteiger partial charge in [0.1, 0.15) is 12.4 Å². The summed E-state index contributed by atoms with van der Waals surface area (Å²) in [7, 11) is 0. The molecule has 128 valence electrons. The number of carbonyl (C=O) groups is 2. The van der Waals surface area contributed by atoms with Crippen LogP contribution in [-0.4, -0.2) is 36.7 Å². The largest absolute Gasteiger partial charge is 0.496 e. The van der Waals surface area contributed by atoms with Crippen LogP contribution in [0.1, 0.15) is 25.3 Å². The standard InChI is InChI=1S/C16H17NO7/c1-3-22-15(18)14-10(2)23-8-12(9-24-16(14)19)11-4-6-13(7-5-11)17(20)21/h4-7,12H,3,8-9H2,1-2H3/b14-10-. The van der Waals surface area contributed by atoms with E-state index in [4.69, 9.17) is 14.2 Å². The number of benzene rings is 1. The average Bonchev–Trinajstić information content (AvgIpc) is 2.54. The van der Waals surface area contributed by atoms with E-state index in [-0.39, 0.29) is 42.8 Å². The van der Waals surface area contributed by atoms with Crippen molar-refractivity contribution in [1.29, 1.82) is 0 Å². The summed E-state index contributed by atoms with van der Waals surface area (Å²) in [5.41, 5.74) is 0.461. The molecule has 0 saturated carbocycles. The second-order valence-electron chi connectivity index (χ2n) is 5.11. The van der Waals surface area contributed by atoms with Crippen molar-refractivity contribution < 1.29 is 28.7 Å². The number of nitro groups is 1. The number of hydrogen-bond donors (Lipinski definition) is 0. The van der Waals surface area contributed by atoms with Crippen molar-refractivity contribution in [3.8, 4) is 0 Å². The summed E-state index contributed by atoms with van der Waals surface area (Å²) in [6.07, 6.45) is 0. The van der Waals surface area contributed by atoms with Crippen LogP contribution in [0.5, 0.6) is 0 Å². The first-order valence-corrected chi connectivity index (χ1v) is 7.36. The van der Waals surface area contributed by atoms with E-state index in [0.29, 0.717) is 0 Å². The zero-order chi connectivity index (χ0) is 17.7. The molecular weight excluding hydrogens is 318 g/mol. The lowest BCUT2D eigenvalue weighted by atomic mass is 10.00. The SMILES string of the molecule is CCOC(=O)/C1=C(\C)OCC(c2ccc([N+](=O)[O-])cc2)COC1=O. The fourth-order valence-corrected chi connectivity index (χ4v) is 2.23. The summed E-state index contributed by atoms with van der Waals surface area (Å²) in [4.78, 5) is 34.1. The van der Waals surface area contributed by atoms with Crippen LogP contribution in [0, 0.1) is 10.1 Å². The molecular formula is C16H17NO7. The molecule has 8 heteroatoms. The summed E-state index contributed by atoms with van der Waals surface area (Å²) in [5, 5.41) is 10.7. The van der Waals surface area contributed by atoms with Gasteiger partial charge in [0.25, 0.3) is 5.69 Å². The molecule has 1 aromatic rings. The van der Waals surface area contributed by atoms with E-state index in [2.05, 4.69) is 0 Å². The molecule has 2 rings (SSSR count). The van der Waals surface area contributed by atoms with Crippen LogP contribution in [0.4, 0.5) is 5.69 Å². The van der Waals surface area contributed by atoms with E-state index in [9.17, 15) is 19.7 Å². The van der Waals surface area contributed by atoms with Crippen LogP contribution in [0.25, 0.3) is 0 Å². The van der Waals surface area contributed by atoms with Crippen molar-refractivity contribution in [2.24, 2.45) is 0 Å². The number of non-ortho nitro benzene ring substituents is 1. The fourth-order valence-electron chi connectivity index (χ4n) is 2.23. The number of rotatable bonds is 4. The minimum atomic E-state index is -0.808. The van der Waals surface area contributed by atoms with Gasteiger partial charge in [-0.3, -0.25) is 10.1 Å².